The first-order chi connectivity index (χ1) is 8.97. The second-order valence-corrected chi connectivity index (χ2v) is 5.39. The molecular formula is C13H11ClF3NS. The minimum atomic E-state index is -4.36. The molecule has 19 heavy (non-hydrogen) atoms. The van der Waals surface area contributed by atoms with Gasteiger partial charge in [0.2, 0.25) is 0 Å². The van der Waals surface area contributed by atoms with Crippen LogP contribution in [0, 0.1) is 0 Å². The summed E-state index contributed by atoms with van der Waals surface area (Å²) in [5.41, 5.74) is -0.215. The van der Waals surface area contributed by atoms with Gasteiger partial charge >= 0.3 is 6.18 Å². The quantitative estimate of drug-likeness (QED) is 0.831. The van der Waals surface area contributed by atoms with Gasteiger partial charge in [-0.2, -0.15) is 13.2 Å². The Morgan fingerprint density at radius 1 is 1.21 bits per heavy atom. The van der Waals surface area contributed by atoms with Crippen molar-refractivity contribution in [2.24, 2.45) is 0 Å². The first kappa shape index (κ1) is 14.2. The summed E-state index contributed by atoms with van der Waals surface area (Å²) in [5, 5.41) is 5.11. The molecule has 0 unspecified atom stereocenters. The third kappa shape index (κ3) is 3.88. The van der Waals surface area contributed by atoms with E-state index in [0.717, 1.165) is 18.6 Å². The molecule has 0 spiro atoms. The summed E-state index contributed by atoms with van der Waals surface area (Å²) in [7, 11) is 0. The van der Waals surface area contributed by atoms with Crippen molar-refractivity contribution in [3.63, 3.8) is 0 Å². The molecule has 2 aromatic rings. The summed E-state index contributed by atoms with van der Waals surface area (Å²) in [6.07, 6.45) is -3.55. The molecule has 2 rings (SSSR count). The van der Waals surface area contributed by atoms with Crippen LogP contribution in [0.4, 0.5) is 18.9 Å². The lowest BCUT2D eigenvalue weighted by atomic mass is 10.2. The van der Waals surface area contributed by atoms with Crippen molar-refractivity contribution in [3.8, 4) is 0 Å². The van der Waals surface area contributed by atoms with E-state index in [1.165, 1.54) is 10.9 Å². The Morgan fingerprint density at radius 3 is 2.58 bits per heavy atom. The molecule has 1 aromatic carbocycles. The molecule has 0 radical (unpaired) electrons. The zero-order valence-corrected chi connectivity index (χ0v) is 11.4. The summed E-state index contributed by atoms with van der Waals surface area (Å²) >= 11 is 7.48. The van der Waals surface area contributed by atoms with Gasteiger partial charge in [-0.3, -0.25) is 0 Å². The normalized spacial score (nSPS) is 11.6. The molecule has 0 saturated carbocycles. The smallest absolute Gasteiger partial charge is 0.383 e. The number of anilines is 1. The maximum absolute atomic E-state index is 12.5. The van der Waals surface area contributed by atoms with Gasteiger partial charge in [0, 0.05) is 11.4 Å². The minimum absolute atomic E-state index is 0.0843. The van der Waals surface area contributed by atoms with Crippen LogP contribution in [0.15, 0.2) is 35.7 Å². The molecule has 0 aliphatic carbocycles. The summed E-state index contributed by atoms with van der Waals surface area (Å²) < 4.78 is 37.4. The molecule has 6 heteroatoms. The molecular weight excluding hydrogens is 295 g/mol. The van der Waals surface area contributed by atoms with E-state index in [9.17, 15) is 13.2 Å². The Labute approximate surface area is 118 Å². The number of rotatable bonds is 4. The van der Waals surface area contributed by atoms with Gasteiger partial charge in [0.25, 0.3) is 0 Å². The van der Waals surface area contributed by atoms with Crippen LogP contribution in [0.5, 0.6) is 0 Å². The monoisotopic (exact) mass is 305 g/mol. The van der Waals surface area contributed by atoms with Crippen molar-refractivity contribution in [2.45, 2.75) is 12.6 Å². The summed E-state index contributed by atoms with van der Waals surface area (Å²) in [5.74, 6) is 0. The van der Waals surface area contributed by atoms with Gasteiger partial charge in [-0.15, -0.1) is 11.3 Å². The predicted octanol–water partition coefficient (Wildman–Crippen LogP) is 5.07. The molecule has 1 nitrogen and oxygen atoms in total. The van der Waals surface area contributed by atoms with Crippen molar-refractivity contribution in [2.75, 3.05) is 11.9 Å². The van der Waals surface area contributed by atoms with E-state index in [-0.39, 0.29) is 5.02 Å². The largest absolute Gasteiger partial charge is 0.416 e. The Hall–Kier alpha value is -1.20. The van der Waals surface area contributed by atoms with Gasteiger partial charge in [-0.05, 0) is 36.1 Å². The van der Waals surface area contributed by atoms with Crippen molar-refractivity contribution in [1.82, 2.24) is 0 Å². The van der Waals surface area contributed by atoms with Gasteiger partial charge in [0.1, 0.15) is 0 Å². The molecule has 0 atom stereocenters. The molecule has 1 N–H and O–H groups in total. The van der Waals surface area contributed by atoms with Gasteiger partial charge < -0.3 is 5.32 Å². The second-order valence-electron chi connectivity index (χ2n) is 3.95. The van der Waals surface area contributed by atoms with Crippen LogP contribution in [0.25, 0.3) is 0 Å². The number of nitrogens with one attached hydrogen (secondary N) is 1. The van der Waals surface area contributed by atoms with Crippen LogP contribution in [-0.2, 0) is 12.6 Å². The number of hydrogen-bond donors (Lipinski definition) is 1. The molecule has 102 valence electrons. The number of alkyl halides is 3. The Bertz CT molecular complexity index is 537. The van der Waals surface area contributed by atoms with Gasteiger partial charge in [-0.25, -0.2) is 0 Å². The van der Waals surface area contributed by atoms with Crippen molar-refractivity contribution in [1.29, 1.82) is 0 Å². The highest BCUT2D eigenvalue weighted by atomic mass is 35.5. The molecule has 0 amide bonds. The second kappa shape index (κ2) is 5.84. The first-order valence-electron chi connectivity index (χ1n) is 5.60. The lowest BCUT2D eigenvalue weighted by molar-refractivity contribution is -0.137. The van der Waals surface area contributed by atoms with E-state index in [1.807, 2.05) is 17.5 Å². The van der Waals surface area contributed by atoms with Crippen molar-refractivity contribution < 1.29 is 13.2 Å². The van der Waals surface area contributed by atoms with Crippen LogP contribution < -0.4 is 5.32 Å². The maximum atomic E-state index is 12.5. The number of halogens is 4. The standard InChI is InChI=1S/C13H11ClF3NS/c14-11-8-9(13(15,16)17)3-4-12(11)18-6-5-10-2-1-7-19-10/h1-4,7-8,18H,5-6H2. The van der Waals surface area contributed by atoms with E-state index < -0.39 is 11.7 Å². The fourth-order valence-corrected chi connectivity index (χ4v) is 2.57. The highest BCUT2D eigenvalue weighted by Gasteiger charge is 2.30. The zero-order chi connectivity index (χ0) is 13.9. The Morgan fingerprint density at radius 2 is 2.00 bits per heavy atom. The Kier molecular flexibility index (Phi) is 4.37. The topological polar surface area (TPSA) is 12.0 Å². The van der Waals surface area contributed by atoms with E-state index in [1.54, 1.807) is 11.3 Å². The SMILES string of the molecule is FC(F)(F)c1ccc(NCCc2cccs2)c(Cl)c1. The van der Waals surface area contributed by atoms with Gasteiger partial charge in [0.05, 0.1) is 16.3 Å². The third-order valence-electron chi connectivity index (χ3n) is 2.56. The number of thiophene rings is 1. The fraction of sp³-hybridized carbons (Fsp3) is 0.231. The highest BCUT2D eigenvalue weighted by Crippen LogP contribution is 2.33. The Balaban J connectivity index is 1.97. The maximum Gasteiger partial charge on any atom is 0.416 e. The van der Waals surface area contributed by atoms with Gasteiger partial charge in [-0.1, -0.05) is 17.7 Å². The summed E-state index contributed by atoms with van der Waals surface area (Å²) in [4.78, 5) is 1.22. The number of hydrogen-bond acceptors (Lipinski definition) is 2. The lowest BCUT2D eigenvalue weighted by Crippen LogP contribution is -2.07. The molecule has 0 saturated heterocycles. The molecule has 0 aliphatic heterocycles. The first-order valence-corrected chi connectivity index (χ1v) is 6.85. The van der Waals surface area contributed by atoms with Crippen LogP contribution >= 0.6 is 22.9 Å². The van der Waals surface area contributed by atoms with Crippen LogP contribution in [-0.4, -0.2) is 6.54 Å². The molecule has 0 fully saturated rings. The predicted molar refractivity (Wildman–Crippen MR) is 73.0 cm³/mol. The fourth-order valence-electron chi connectivity index (χ4n) is 1.61. The summed E-state index contributed by atoms with van der Waals surface area (Å²) in [6, 6.07) is 7.31. The van der Waals surface area contributed by atoms with Crippen LogP contribution in [0.1, 0.15) is 10.4 Å². The lowest BCUT2D eigenvalue weighted by Gasteiger charge is -2.11. The number of benzene rings is 1. The molecule has 0 aliphatic rings. The average molecular weight is 306 g/mol. The van der Waals surface area contributed by atoms with Crippen molar-refractivity contribution >= 4 is 28.6 Å². The van der Waals surface area contributed by atoms with Crippen LogP contribution in [0.3, 0.4) is 0 Å². The van der Waals surface area contributed by atoms with E-state index >= 15 is 0 Å². The van der Waals surface area contributed by atoms with E-state index in [2.05, 4.69) is 5.32 Å². The van der Waals surface area contributed by atoms with Crippen LogP contribution in [0.2, 0.25) is 5.02 Å². The average Bonchev–Trinajstić information content (AvgIpc) is 2.83. The zero-order valence-electron chi connectivity index (χ0n) is 9.80. The van der Waals surface area contributed by atoms with E-state index in [4.69, 9.17) is 11.6 Å². The van der Waals surface area contributed by atoms with E-state index in [0.29, 0.717) is 12.2 Å². The van der Waals surface area contributed by atoms with Gasteiger partial charge in [0.15, 0.2) is 0 Å². The molecule has 0 bridgehead atoms. The molecule has 1 heterocycles. The summed E-state index contributed by atoms with van der Waals surface area (Å²) in [6.45, 7) is 0.631. The van der Waals surface area contributed by atoms with Crippen molar-refractivity contribution in [3.05, 3.63) is 51.2 Å². The minimum Gasteiger partial charge on any atom is -0.383 e. The molecule has 1 aromatic heterocycles. The third-order valence-corrected chi connectivity index (χ3v) is 3.81. The highest BCUT2D eigenvalue weighted by molar-refractivity contribution is 7.09.